The number of benzene rings is 1. The highest BCUT2D eigenvalue weighted by Crippen LogP contribution is 2.33. The van der Waals surface area contributed by atoms with E-state index in [1.165, 1.54) is 24.8 Å². The Morgan fingerprint density at radius 1 is 1.00 bits per heavy atom. The summed E-state index contributed by atoms with van der Waals surface area (Å²) in [5, 5.41) is 6.82. The molecule has 1 saturated carbocycles. The van der Waals surface area contributed by atoms with E-state index < -0.39 is 0 Å². The molecule has 29 heavy (non-hydrogen) atoms. The van der Waals surface area contributed by atoms with Crippen molar-refractivity contribution in [2.24, 2.45) is 5.92 Å². The molecule has 2 amide bonds. The second-order valence-electron chi connectivity index (χ2n) is 8.13. The molecule has 1 aromatic carbocycles. The van der Waals surface area contributed by atoms with Gasteiger partial charge in [-0.3, -0.25) is 9.59 Å². The normalized spacial score (nSPS) is 17.0. The van der Waals surface area contributed by atoms with Crippen LogP contribution in [0.1, 0.15) is 56.3 Å². The Labute approximate surface area is 171 Å². The van der Waals surface area contributed by atoms with Gasteiger partial charge < -0.3 is 19.8 Å². The number of aryl methyl sites for hydroxylation is 2. The molecule has 2 aliphatic rings. The van der Waals surface area contributed by atoms with Gasteiger partial charge in [-0.1, -0.05) is 19.3 Å². The fourth-order valence-corrected chi connectivity index (χ4v) is 4.43. The quantitative estimate of drug-likeness (QED) is 0.700. The zero-order valence-electron chi connectivity index (χ0n) is 16.9. The molecule has 4 rings (SSSR count). The molecule has 1 fully saturated rings. The van der Waals surface area contributed by atoms with Crippen molar-refractivity contribution in [3.63, 3.8) is 0 Å². The van der Waals surface area contributed by atoms with Crippen molar-refractivity contribution in [2.45, 2.75) is 57.8 Å². The minimum Gasteiger partial charge on any atom is -0.484 e. The van der Waals surface area contributed by atoms with Gasteiger partial charge in [-0.15, -0.1) is 0 Å². The number of amides is 2. The van der Waals surface area contributed by atoms with Crippen molar-refractivity contribution >= 4 is 22.8 Å². The predicted molar refractivity (Wildman–Crippen MR) is 111 cm³/mol. The molecule has 0 radical (unpaired) electrons. The number of ether oxygens (including phenoxy) is 1. The largest absolute Gasteiger partial charge is 0.484 e. The molecular formula is C23H30N2O4. The maximum atomic E-state index is 12.1. The minimum atomic E-state index is -0.189. The first-order valence-corrected chi connectivity index (χ1v) is 10.9. The van der Waals surface area contributed by atoms with Crippen molar-refractivity contribution in [1.82, 2.24) is 10.6 Å². The van der Waals surface area contributed by atoms with Gasteiger partial charge in [0.2, 0.25) is 5.91 Å². The molecule has 1 heterocycles. The lowest BCUT2D eigenvalue weighted by molar-refractivity contribution is -0.126. The van der Waals surface area contributed by atoms with Gasteiger partial charge in [0.05, 0.1) is 0 Å². The maximum Gasteiger partial charge on any atom is 0.258 e. The van der Waals surface area contributed by atoms with E-state index in [4.69, 9.17) is 9.15 Å². The molecule has 0 atom stereocenters. The van der Waals surface area contributed by atoms with E-state index in [-0.39, 0.29) is 24.3 Å². The van der Waals surface area contributed by atoms with Crippen LogP contribution in [0.2, 0.25) is 0 Å². The summed E-state index contributed by atoms with van der Waals surface area (Å²) >= 11 is 0. The lowest BCUT2D eigenvalue weighted by atomic mass is 9.89. The summed E-state index contributed by atoms with van der Waals surface area (Å²) in [6.45, 7) is 0.825. The first-order chi connectivity index (χ1) is 14.2. The number of hydrogen-bond donors (Lipinski definition) is 2. The summed E-state index contributed by atoms with van der Waals surface area (Å²) in [7, 11) is 0. The SMILES string of the molecule is O=C(COc1ccc2oc3c(c2c1)CCCC3)NCCNC(=O)C1CCCCC1. The maximum absolute atomic E-state index is 12.1. The second kappa shape index (κ2) is 9.33. The van der Waals surface area contributed by atoms with Crippen molar-refractivity contribution in [3.05, 3.63) is 29.5 Å². The van der Waals surface area contributed by atoms with E-state index in [2.05, 4.69) is 10.6 Å². The Kier molecular flexibility index (Phi) is 6.37. The van der Waals surface area contributed by atoms with Crippen molar-refractivity contribution < 1.29 is 18.7 Å². The Morgan fingerprint density at radius 2 is 1.79 bits per heavy atom. The summed E-state index contributed by atoms with van der Waals surface area (Å²) in [6.07, 6.45) is 9.88. The van der Waals surface area contributed by atoms with Gasteiger partial charge in [0, 0.05) is 36.4 Å². The van der Waals surface area contributed by atoms with E-state index in [0.29, 0.717) is 18.8 Å². The average Bonchev–Trinajstić information content (AvgIpc) is 3.13. The van der Waals surface area contributed by atoms with Gasteiger partial charge in [0.1, 0.15) is 17.1 Å². The lowest BCUT2D eigenvalue weighted by Gasteiger charge is -2.20. The number of hydrogen-bond acceptors (Lipinski definition) is 4. The van der Waals surface area contributed by atoms with E-state index >= 15 is 0 Å². The lowest BCUT2D eigenvalue weighted by Crippen LogP contribution is -2.39. The van der Waals surface area contributed by atoms with Crippen LogP contribution in [0.3, 0.4) is 0 Å². The Hall–Kier alpha value is -2.50. The molecule has 2 N–H and O–H groups in total. The molecule has 1 aromatic heterocycles. The number of fused-ring (bicyclic) bond motifs is 3. The third-order valence-corrected chi connectivity index (χ3v) is 6.02. The molecule has 156 valence electrons. The zero-order chi connectivity index (χ0) is 20.1. The van der Waals surface area contributed by atoms with E-state index in [9.17, 15) is 9.59 Å². The van der Waals surface area contributed by atoms with Gasteiger partial charge in [-0.25, -0.2) is 0 Å². The van der Waals surface area contributed by atoms with Gasteiger partial charge >= 0.3 is 0 Å². The summed E-state index contributed by atoms with van der Waals surface area (Å²) in [6, 6.07) is 5.73. The number of rotatable bonds is 7. The van der Waals surface area contributed by atoms with Crippen LogP contribution in [-0.2, 0) is 22.4 Å². The Bertz CT molecular complexity index is 867. The highest BCUT2D eigenvalue weighted by Gasteiger charge is 2.20. The zero-order valence-corrected chi connectivity index (χ0v) is 16.9. The Balaban J connectivity index is 1.20. The fourth-order valence-electron chi connectivity index (χ4n) is 4.43. The van der Waals surface area contributed by atoms with E-state index in [0.717, 1.165) is 55.3 Å². The molecule has 2 aromatic rings. The highest BCUT2D eigenvalue weighted by atomic mass is 16.5. The third-order valence-electron chi connectivity index (χ3n) is 6.02. The third kappa shape index (κ3) is 4.92. The first-order valence-electron chi connectivity index (χ1n) is 10.9. The Morgan fingerprint density at radius 3 is 2.66 bits per heavy atom. The minimum absolute atomic E-state index is 0.0396. The molecule has 2 aliphatic carbocycles. The molecule has 0 saturated heterocycles. The number of carbonyl (C=O) groups is 2. The van der Waals surface area contributed by atoms with Crippen LogP contribution >= 0.6 is 0 Å². The summed E-state index contributed by atoms with van der Waals surface area (Å²) in [5.74, 6) is 1.84. The fraction of sp³-hybridized carbons (Fsp3) is 0.565. The summed E-state index contributed by atoms with van der Waals surface area (Å²) in [4.78, 5) is 24.1. The number of carbonyl (C=O) groups excluding carboxylic acids is 2. The number of furan rings is 1. The van der Waals surface area contributed by atoms with Crippen molar-refractivity contribution in [1.29, 1.82) is 0 Å². The van der Waals surface area contributed by atoms with Crippen molar-refractivity contribution in [3.8, 4) is 5.75 Å². The van der Waals surface area contributed by atoms with Crippen LogP contribution in [-0.4, -0.2) is 31.5 Å². The van der Waals surface area contributed by atoms with E-state index in [1.54, 1.807) is 0 Å². The molecule has 0 unspecified atom stereocenters. The topological polar surface area (TPSA) is 80.6 Å². The van der Waals surface area contributed by atoms with Crippen LogP contribution < -0.4 is 15.4 Å². The van der Waals surface area contributed by atoms with Crippen LogP contribution in [0.5, 0.6) is 5.75 Å². The molecule has 6 nitrogen and oxygen atoms in total. The standard InChI is InChI=1S/C23H30N2O4/c26-22(24-12-13-25-23(27)16-6-2-1-3-7-16)15-28-17-10-11-21-19(14-17)18-8-4-5-9-20(18)29-21/h10-11,14,16H,1-9,12-13,15H2,(H,24,26)(H,25,27). The highest BCUT2D eigenvalue weighted by molar-refractivity contribution is 5.84. The first kappa shape index (κ1) is 19.8. The van der Waals surface area contributed by atoms with Crippen LogP contribution in [0.25, 0.3) is 11.0 Å². The summed E-state index contributed by atoms with van der Waals surface area (Å²) in [5.41, 5.74) is 2.18. The molecular weight excluding hydrogens is 368 g/mol. The van der Waals surface area contributed by atoms with Crippen LogP contribution in [0, 0.1) is 5.92 Å². The average molecular weight is 399 g/mol. The summed E-state index contributed by atoms with van der Waals surface area (Å²) < 4.78 is 11.6. The molecule has 0 spiro atoms. The van der Waals surface area contributed by atoms with Crippen LogP contribution in [0.15, 0.2) is 22.6 Å². The van der Waals surface area contributed by atoms with E-state index in [1.807, 2.05) is 18.2 Å². The molecule has 6 heteroatoms. The number of nitrogens with one attached hydrogen (secondary N) is 2. The van der Waals surface area contributed by atoms with Gasteiger partial charge in [0.15, 0.2) is 6.61 Å². The smallest absolute Gasteiger partial charge is 0.258 e. The molecule has 0 bridgehead atoms. The second-order valence-corrected chi connectivity index (χ2v) is 8.13. The molecule has 0 aliphatic heterocycles. The van der Waals surface area contributed by atoms with Crippen molar-refractivity contribution in [2.75, 3.05) is 19.7 Å². The van der Waals surface area contributed by atoms with Gasteiger partial charge in [0.25, 0.3) is 5.91 Å². The monoisotopic (exact) mass is 398 g/mol. The van der Waals surface area contributed by atoms with Crippen LogP contribution in [0.4, 0.5) is 0 Å². The predicted octanol–water partition coefficient (Wildman–Crippen LogP) is 3.50. The van der Waals surface area contributed by atoms with Gasteiger partial charge in [-0.2, -0.15) is 0 Å². The van der Waals surface area contributed by atoms with Gasteiger partial charge in [-0.05, 0) is 50.3 Å².